The minimum Gasteiger partial charge on any atom is -0.449 e. The maximum atomic E-state index is 14.0. The Labute approximate surface area is 495 Å². The van der Waals surface area contributed by atoms with Crippen LogP contribution in [0.2, 0.25) is 0 Å². The van der Waals surface area contributed by atoms with Crippen LogP contribution < -0.4 is 21.3 Å². The van der Waals surface area contributed by atoms with Crippen LogP contribution in [0, 0.1) is 27.7 Å². The molecule has 86 heavy (non-hydrogen) atoms. The summed E-state index contributed by atoms with van der Waals surface area (Å²) in [5.41, 5.74) is 5.14. The minimum atomic E-state index is -0.690. The Bertz CT molecular complexity index is 3280. The summed E-state index contributed by atoms with van der Waals surface area (Å²) in [5, 5.41) is 13.9. The number of hydrogen-bond donors (Lipinski definition) is 4. The average molecular weight is 1170 g/mol. The molecule has 1 aliphatic heterocycles. The summed E-state index contributed by atoms with van der Waals surface area (Å²) in [5.74, 6) is 0.852. The number of carbonyl (C=O) groups excluding carboxylic acids is 6. The molecule has 0 aliphatic carbocycles. The smallest absolute Gasteiger partial charge is 0.412 e. The Hall–Kier alpha value is -9.82. The first-order chi connectivity index (χ1) is 41.6. The number of hydrogen-bond acceptors (Lipinski definition) is 20. The van der Waals surface area contributed by atoms with Gasteiger partial charge in [0.05, 0.1) is 39.5 Å². The third-order valence-electron chi connectivity index (χ3n) is 13.8. The highest BCUT2D eigenvalue weighted by Gasteiger charge is 2.27. The van der Waals surface area contributed by atoms with Gasteiger partial charge in [-0.05, 0) is 150 Å². The van der Waals surface area contributed by atoms with Gasteiger partial charge in [-0.2, -0.15) is 0 Å². The van der Waals surface area contributed by atoms with Crippen LogP contribution >= 0.6 is 0 Å². The third-order valence-corrected chi connectivity index (χ3v) is 13.8. The number of nitrogens with zero attached hydrogens (tertiary/aromatic N) is 12. The number of pyridine rings is 8. The van der Waals surface area contributed by atoms with Crippen molar-refractivity contribution in [2.24, 2.45) is 0 Å². The molecule has 448 valence electrons. The van der Waals surface area contributed by atoms with Gasteiger partial charge in [0.1, 0.15) is 23.3 Å². The van der Waals surface area contributed by atoms with E-state index in [0.29, 0.717) is 97.7 Å². The minimum absolute atomic E-state index is 0.0203. The zero-order valence-corrected chi connectivity index (χ0v) is 48.4. The van der Waals surface area contributed by atoms with Gasteiger partial charge < -0.3 is 28.7 Å². The second kappa shape index (κ2) is 29.6. The first-order valence-electron chi connectivity index (χ1n) is 28.4. The van der Waals surface area contributed by atoms with Crippen molar-refractivity contribution < 1.29 is 47.7 Å². The summed E-state index contributed by atoms with van der Waals surface area (Å²) in [6, 6.07) is 29.0. The van der Waals surface area contributed by atoms with E-state index in [-0.39, 0.29) is 77.5 Å². The number of carbonyl (C=O) groups is 6. The Morgan fingerprint density at radius 1 is 0.360 bits per heavy atom. The number of rotatable bonds is 24. The van der Waals surface area contributed by atoms with Gasteiger partial charge >= 0.3 is 24.4 Å². The van der Waals surface area contributed by atoms with E-state index in [2.05, 4.69) is 61.1 Å². The van der Waals surface area contributed by atoms with E-state index in [0.717, 1.165) is 44.3 Å². The summed E-state index contributed by atoms with van der Waals surface area (Å²) >= 11 is 0. The molecule has 0 saturated carbocycles. The average Bonchev–Trinajstić information content (AvgIpc) is 3.11. The molecule has 0 radical (unpaired) electrons. The summed E-state index contributed by atoms with van der Waals surface area (Å²) in [7, 11) is 0. The van der Waals surface area contributed by atoms with E-state index >= 15 is 0 Å². The van der Waals surface area contributed by atoms with Crippen molar-refractivity contribution in [2.45, 2.75) is 53.4 Å². The number of anilines is 4. The van der Waals surface area contributed by atoms with Crippen molar-refractivity contribution in [1.29, 1.82) is 0 Å². The van der Waals surface area contributed by atoms with Gasteiger partial charge in [0.15, 0.2) is 22.6 Å². The van der Waals surface area contributed by atoms with Gasteiger partial charge in [0.2, 0.25) is 11.8 Å². The lowest BCUT2D eigenvalue weighted by Crippen LogP contribution is -2.54. The van der Waals surface area contributed by atoms with Gasteiger partial charge in [-0.1, -0.05) is 0 Å². The van der Waals surface area contributed by atoms with E-state index in [1.165, 1.54) is 0 Å². The Balaban J connectivity index is 0.753. The molecule has 0 atom stereocenters. The number of ether oxygens (including phenoxy) is 4. The summed E-state index contributed by atoms with van der Waals surface area (Å²) in [4.78, 5) is 122. The molecule has 0 bridgehead atoms. The fraction of sp³-hybridized carbons (Fsp3) is 0.367. The molecule has 9 rings (SSSR count). The van der Waals surface area contributed by atoms with Gasteiger partial charge in [-0.15, -0.1) is 0 Å². The highest BCUT2D eigenvalue weighted by molar-refractivity contribution is 5.89. The van der Waals surface area contributed by atoms with Crippen LogP contribution in [-0.2, 0) is 28.5 Å². The molecule has 0 spiro atoms. The fourth-order valence-corrected chi connectivity index (χ4v) is 9.35. The van der Waals surface area contributed by atoms with Crippen molar-refractivity contribution in [3.8, 4) is 0 Å². The molecule has 26 nitrogen and oxygen atoms in total. The number of fused-ring (bicyclic) bond motifs is 4. The molecule has 8 aromatic heterocycles. The van der Waals surface area contributed by atoms with Crippen molar-refractivity contribution in [2.75, 3.05) is 113 Å². The SMILES string of the molecule is Cc1ccc2ccc(NC(=O)OCCCN(CCCOC(=O)Nc3ccc4ccc(C)nc4n3)CC(=O)N3CCN(C(=O)CN(CCCOC(=O)Nc4ccc5ccc(C)nc5n4)CCCOC(=O)Nc4ccc5ccc(C)nc5n4)CC3)nc2n1. The van der Waals surface area contributed by atoms with Gasteiger partial charge in [0, 0.05) is 96.7 Å². The summed E-state index contributed by atoms with van der Waals surface area (Å²) in [6.07, 6.45) is -1.23. The molecule has 6 amide bonds. The highest BCUT2D eigenvalue weighted by Crippen LogP contribution is 2.19. The quantitative estimate of drug-likeness (QED) is 0.0331. The van der Waals surface area contributed by atoms with Gasteiger partial charge in [-0.3, -0.25) is 40.7 Å². The maximum absolute atomic E-state index is 14.0. The highest BCUT2D eigenvalue weighted by atomic mass is 16.6. The van der Waals surface area contributed by atoms with Crippen LogP contribution in [0.25, 0.3) is 44.1 Å². The lowest BCUT2D eigenvalue weighted by atomic mass is 10.2. The Kier molecular flexibility index (Phi) is 20.9. The van der Waals surface area contributed by atoms with Gasteiger partial charge in [-0.25, -0.2) is 59.0 Å². The topological polar surface area (TPSA) is 304 Å². The zero-order valence-electron chi connectivity index (χ0n) is 48.4. The predicted octanol–water partition coefficient (Wildman–Crippen LogP) is 7.82. The van der Waals surface area contributed by atoms with E-state index in [9.17, 15) is 28.8 Å². The lowest BCUT2D eigenvalue weighted by molar-refractivity contribution is -0.140. The van der Waals surface area contributed by atoms with Crippen LogP contribution in [0.4, 0.5) is 42.4 Å². The lowest BCUT2D eigenvalue weighted by Gasteiger charge is -2.37. The fourth-order valence-electron chi connectivity index (χ4n) is 9.35. The maximum Gasteiger partial charge on any atom is 0.412 e. The number of nitrogens with one attached hydrogen (secondary N) is 4. The van der Waals surface area contributed by atoms with Crippen molar-refractivity contribution in [1.82, 2.24) is 59.5 Å². The van der Waals surface area contributed by atoms with E-state index in [1.807, 2.05) is 110 Å². The standard InChI is InChI=1S/C60H68N16O10/c1-39-9-13-43-17-21-47(65-53(43)61-39)69-57(79)83-33-5-25-73(26-6-34-84-58(80)70-48-22-18-44-14-10-40(2)62-54(44)66-48)37-51(77)75-29-31-76(32-30-75)52(78)38-74(27-7-35-85-59(81)71-49-23-19-45-15-11-41(3)63-55(45)67-49)28-8-36-86-60(82)72-50-24-20-46-16-12-42(4)64-56(46)68-50/h9-24H,5-8,25-38H2,1-4H3,(H,61,65,69,79)(H,62,66,70,80)(H,63,67,71,81)(H,64,68,72,82). The molecular formula is C60H68N16O10. The van der Waals surface area contributed by atoms with Crippen molar-refractivity contribution in [3.63, 3.8) is 0 Å². The normalized spacial score (nSPS) is 12.4. The molecule has 1 fully saturated rings. The zero-order chi connectivity index (χ0) is 60.4. The van der Waals surface area contributed by atoms with Crippen LogP contribution in [0.5, 0.6) is 0 Å². The van der Waals surface area contributed by atoms with Crippen LogP contribution in [0.15, 0.2) is 97.1 Å². The van der Waals surface area contributed by atoms with Crippen molar-refractivity contribution >= 4 is 104 Å². The van der Waals surface area contributed by atoms with E-state index in [1.54, 1.807) is 34.1 Å². The molecular weight excluding hydrogens is 1100 g/mol. The van der Waals surface area contributed by atoms with E-state index < -0.39 is 24.4 Å². The third kappa shape index (κ3) is 18.1. The van der Waals surface area contributed by atoms with Crippen LogP contribution in [-0.4, -0.2) is 188 Å². The molecule has 0 aromatic carbocycles. The molecule has 0 unspecified atom stereocenters. The summed E-state index contributed by atoms with van der Waals surface area (Å²) < 4.78 is 22.0. The molecule has 4 N–H and O–H groups in total. The second-order valence-electron chi connectivity index (χ2n) is 20.6. The summed E-state index contributed by atoms with van der Waals surface area (Å²) in [6.45, 7) is 10.3. The molecule has 26 heteroatoms. The molecule has 1 saturated heterocycles. The van der Waals surface area contributed by atoms with Crippen LogP contribution in [0.3, 0.4) is 0 Å². The first kappa shape index (κ1) is 60.8. The second-order valence-corrected chi connectivity index (χ2v) is 20.6. The van der Waals surface area contributed by atoms with Crippen LogP contribution in [0.1, 0.15) is 48.5 Å². The number of aryl methyl sites for hydroxylation is 4. The molecule has 8 aromatic rings. The number of amides is 6. The monoisotopic (exact) mass is 1170 g/mol. The first-order valence-corrected chi connectivity index (χ1v) is 28.4. The Morgan fingerprint density at radius 2 is 0.593 bits per heavy atom. The largest absolute Gasteiger partial charge is 0.449 e. The molecule has 9 heterocycles. The van der Waals surface area contributed by atoms with Crippen molar-refractivity contribution in [3.05, 3.63) is 120 Å². The predicted molar refractivity (Wildman–Crippen MR) is 321 cm³/mol. The Morgan fingerprint density at radius 3 is 0.837 bits per heavy atom. The number of aromatic nitrogens is 8. The van der Waals surface area contributed by atoms with Gasteiger partial charge in [0.25, 0.3) is 0 Å². The molecule has 1 aliphatic rings. The number of piperazine rings is 1. The van der Waals surface area contributed by atoms with E-state index in [4.69, 9.17) is 18.9 Å².